The van der Waals surface area contributed by atoms with E-state index in [4.69, 9.17) is 12.2 Å². The highest BCUT2D eigenvalue weighted by Gasteiger charge is 1.94. The molecule has 0 unspecified atom stereocenters. The Hall–Kier alpha value is -0.930. The Morgan fingerprint density at radius 2 is 1.92 bits per heavy atom. The van der Waals surface area contributed by atoms with Crippen molar-refractivity contribution in [1.29, 1.82) is 0 Å². The van der Waals surface area contributed by atoms with Gasteiger partial charge in [-0.2, -0.15) is 0 Å². The molecule has 0 radical (unpaired) electrons. The van der Waals surface area contributed by atoms with E-state index >= 15 is 0 Å². The van der Waals surface area contributed by atoms with Crippen molar-refractivity contribution in [1.82, 2.24) is 3.96 Å². The maximum atomic E-state index is 5.16. The van der Waals surface area contributed by atoms with E-state index in [2.05, 4.69) is 16.1 Å². The van der Waals surface area contributed by atoms with Crippen LogP contribution in [0.1, 0.15) is 5.56 Å². The zero-order chi connectivity index (χ0) is 9.10. The molecule has 1 aromatic heterocycles. The minimum Gasteiger partial charge on any atom is -0.284 e. The van der Waals surface area contributed by atoms with Gasteiger partial charge in [-0.25, -0.2) is 0 Å². The number of hydrogen-bond acceptors (Lipinski definition) is 2. The summed E-state index contributed by atoms with van der Waals surface area (Å²) in [6.07, 6.45) is 0. The average Bonchev–Trinajstić information content (AvgIpc) is 2.54. The van der Waals surface area contributed by atoms with Gasteiger partial charge in [0.15, 0.2) is 0 Å². The van der Waals surface area contributed by atoms with Gasteiger partial charge in [0, 0.05) is 5.38 Å². The van der Waals surface area contributed by atoms with Gasteiger partial charge in [-0.15, -0.1) is 0 Å². The summed E-state index contributed by atoms with van der Waals surface area (Å²) >= 11 is 6.81. The van der Waals surface area contributed by atoms with Gasteiger partial charge in [-0.05, 0) is 11.6 Å². The normalized spacial score (nSPS) is 10.2. The molecule has 0 bridgehead atoms. The minimum atomic E-state index is 0.886. The van der Waals surface area contributed by atoms with Crippen LogP contribution >= 0.6 is 23.8 Å². The van der Waals surface area contributed by atoms with Gasteiger partial charge in [0.1, 0.15) is 4.64 Å². The molecule has 2 aromatic rings. The minimum absolute atomic E-state index is 0.886. The number of hydrogen-bond donors (Lipinski definition) is 0. The van der Waals surface area contributed by atoms with Gasteiger partial charge in [-0.3, -0.25) is 3.96 Å². The summed E-state index contributed by atoms with van der Waals surface area (Å²) in [7, 11) is 0. The first-order valence-electron chi connectivity index (χ1n) is 4.05. The molecule has 0 saturated carbocycles. The van der Waals surface area contributed by atoms with Crippen molar-refractivity contribution in [2.75, 3.05) is 0 Å². The van der Waals surface area contributed by atoms with E-state index in [9.17, 15) is 0 Å². The number of nitrogens with zero attached hydrogens (tertiary/aromatic N) is 1. The first-order chi connectivity index (χ1) is 6.36. The Morgan fingerprint density at radius 1 is 1.15 bits per heavy atom. The fourth-order valence-corrected chi connectivity index (χ4v) is 2.23. The smallest absolute Gasteiger partial charge is 0.116 e. The highest BCUT2D eigenvalue weighted by molar-refractivity contribution is 7.71. The Kier molecular flexibility index (Phi) is 2.57. The number of aromatic nitrogens is 1. The molecule has 2 rings (SSSR count). The zero-order valence-corrected chi connectivity index (χ0v) is 8.65. The van der Waals surface area contributed by atoms with Crippen molar-refractivity contribution >= 4 is 23.8 Å². The maximum absolute atomic E-state index is 5.16. The third kappa shape index (κ3) is 2.05. The van der Waals surface area contributed by atoms with Crippen molar-refractivity contribution in [3.05, 3.63) is 52.0 Å². The van der Waals surface area contributed by atoms with Gasteiger partial charge in [0.25, 0.3) is 0 Å². The molecule has 3 heteroatoms. The first-order valence-corrected chi connectivity index (χ1v) is 5.29. The lowest BCUT2D eigenvalue weighted by molar-refractivity contribution is 0.870. The molecule has 0 aliphatic rings. The van der Waals surface area contributed by atoms with E-state index < -0.39 is 0 Å². The zero-order valence-electron chi connectivity index (χ0n) is 7.01. The summed E-state index contributed by atoms with van der Waals surface area (Å²) in [5.74, 6) is 0. The molecule has 1 nitrogen and oxygen atoms in total. The molecule has 0 N–H and O–H groups in total. The molecular weight excluding hydrogens is 198 g/mol. The SMILES string of the molecule is S=c1ccsn1Cc1ccccc1. The van der Waals surface area contributed by atoms with Crippen molar-refractivity contribution < 1.29 is 0 Å². The third-order valence-electron chi connectivity index (χ3n) is 1.81. The Balaban J connectivity index is 2.25. The van der Waals surface area contributed by atoms with Crippen LogP contribution in [0.25, 0.3) is 0 Å². The van der Waals surface area contributed by atoms with Crippen molar-refractivity contribution in [3.63, 3.8) is 0 Å². The third-order valence-corrected chi connectivity index (χ3v) is 3.12. The average molecular weight is 207 g/mol. The summed E-state index contributed by atoms with van der Waals surface area (Å²) in [5, 5.41) is 2.02. The van der Waals surface area contributed by atoms with Crippen molar-refractivity contribution in [3.8, 4) is 0 Å². The molecule has 66 valence electrons. The van der Waals surface area contributed by atoms with Crippen LogP contribution < -0.4 is 0 Å². The van der Waals surface area contributed by atoms with Gasteiger partial charge in [0.2, 0.25) is 0 Å². The molecule has 0 atom stereocenters. The predicted octanol–water partition coefficient (Wildman–Crippen LogP) is 3.33. The van der Waals surface area contributed by atoms with E-state index in [1.165, 1.54) is 5.56 Å². The highest BCUT2D eigenvalue weighted by Crippen LogP contribution is 2.07. The van der Waals surface area contributed by atoms with Crippen molar-refractivity contribution in [2.24, 2.45) is 0 Å². The summed E-state index contributed by atoms with van der Waals surface area (Å²) in [5.41, 5.74) is 1.29. The second kappa shape index (κ2) is 3.85. The Morgan fingerprint density at radius 3 is 2.54 bits per heavy atom. The van der Waals surface area contributed by atoms with Crippen LogP contribution in [0.15, 0.2) is 41.8 Å². The van der Waals surface area contributed by atoms with E-state index in [0.717, 1.165) is 11.2 Å². The van der Waals surface area contributed by atoms with Gasteiger partial charge >= 0.3 is 0 Å². The second-order valence-electron chi connectivity index (χ2n) is 2.77. The standard InChI is InChI=1S/C10H9NS2/c12-10-6-7-13-11(10)8-9-4-2-1-3-5-9/h1-7H,8H2. The van der Waals surface area contributed by atoms with Crippen LogP contribution in [0.5, 0.6) is 0 Å². The van der Waals surface area contributed by atoms with E-state index in [1.54, 1.807) is 11.5 Å². The highest BCUT2D eigenvalue weighted by atomic mass is 32.1. The largest absolute Gasteiger partial charge is 0.284 e. The van der Waals surface area contributed by atoms with Crippen LogP contribution in [0.2, 0.25) is 0 Å². The Bertz CT molecular complexity index is 427. The summed E-state index contributed by atoms with van der Waals surface area (Å²) in [6, 6.07) is 12.3. The van der Waals surface area contributed by atoms with Crippen LogP contribution in [-0.2, 0) is 6.54 Å². The molecule has 0 aliphatic carbocycles. The molecule has 0 amide bonds. The second-order valence-corrected chi connectivity index (χ2v) is 4.11. The lowest BCUT2D eigenvalue weighted by atomic mass is 10.2. The monoisotopic (exact) mass is 207 g/mol. The predicted molar refractivity (Wildman–Crippen MR) is 58.7 cm³/mol. The maximum Gasteiger partial charge on any atom is 0.116 e. The summed E-state index contributed by atoms with van der Waals surface area (Å²) in [4.78, 5) is 0. The fraction of sp³-hybridized carbons (Fsp3) is 0.100. The number of rotatable bonds is 2. The van der Waals surface area contributed by atoms with Crippen LogP contribution in [0, 0.1) is 4.64 Å². The molecule has 0 saturated heterocycles. The van der Waals surface area contributed by atoms with E-state index in [0.29, 0.717) is 0 Å². The molecule has 0 spiro atoms. The molecular formula is C10H9NS2. The first kappa shape index (κ1) is 8.66. The molecule has 0 fully saturated rings. The Labute approximate surface area is 86.4 Å². The van der Waals surface area contributed by atoms with E-state index in [-0.39, 0.29) is 0 Å². The summed E-state index contributed by atoms with van der Waals surface area (Å²) in [6.45, 7) is 0.886. The van der Waals surface area contributed by atoms with Crippen LogP contribution in [0.3, 0.4) is 0 Å². The van der Waals surface area contributed by atoms with Crippen LogP contribution in [0.4, 0.5) is 0 Å². The fourth-order valence-electron chi connectivity index (χ4n) is 1.16. The van der Waals surface area contributed by atoms with Gasteiger partial charge < -0.3 is 0 Å². The van der Waals surface area contributed by atoms with Crippen molar-refractivity contribution in [2.45, 2.75) is 6.54 Å². The molecule has 13 heavy (non-hydrogen) atoms. The topological polar surface area (TPSA) is 4.93 Å². The lowest BCUT2D eigenvalue weighted by Crippen LogP contribution is -1.94. The lowest BCUT2D eigenvalue weighted by Gasteiger charge is -2.00. The number of benzene rings is 1. The quantitative estimate of drug-likeness (QED) is 0.684. The van der Waals surface area contributed by atoms with Gasteiger partial charge in [-0.1, -0.05) is 54.1 Å². The summed E-state index contributed by atoms with van der Waals surface area (Å²) < 4.78 is 3.01. The van der Waals surface area contributed by atoms with Crippen LogP contribution in [-0.4, -0.2) is 3.96 Å². The van der Waals surface area contributed by atoms with Gasteiger partial charge in [0.05, 0.1) is 6.54 Å². The molecule has 1 heterocycles. The molecule has 0 aliphatic heterocycles. The molecule has 1 aromatic carbocycles. The van der Waals surface area contributed by atoms with E-state index in [1.807, 2.05) is 29.6 Å².